The molecule has 1 aromatic carbocycles. The Balaban J connectivity index is 1.66. The first-order valence-electron chi connectivity index (χ1n) is 8.16. The fourth-order valence-electron chi connectivity index (χ4n) is 2.64. The van der Waals surface area contributed by atoms with Crippen LogP contribution in [0.3, 0.4) is 0 Å². The van der Waals surface area contributed by atoms with Crippen molar-refractivity contribution in [3.8, 4) is 11.6 Å². The van der Waals surface area contributed by atoms with Crippen LogP contribution in [0, 0.1) is 0 Å². The topological polar surface area (TPSA) is 81.6 Å². The Kier molecular flexibility index (Phi) is 5.19. The van der Waals surface area contributed by atoms with Gasteiger partial charge in [0.15, 0.2) is 0 Å². The first kappa shape index (κ1) is 17.6. The molecule has 0 amide bonds. The lowest BCUT2D eigenvalue weighted by Gasteiger charge is -2.17. The smallest absolute Gasteiger partial charge is 0.243 e. The van der Waals surface area contributed by atoms with Crippen molar-refractivity contribution in [1.29, 1.82) is 0 Å². The highest BCUT2D eigenvalue weighted by Crippen LogP contribution is 2.25. The van der Waals surface area contributed by atoms with E-state index in [2.05, 4.69) is 10.2 Å². The van der Waals surface area contributed by atoms with Crippen LogP contribution in [-0.2, 0) is 10.0 Å². The fraction of sp³-hybridized carbons (Fsp3) is 0.412. The largest absolute Gasteiger partial charge is 0.491 e. The molecule has 0 aliphatic carbocycles. The van der Waals surface area contributed by atoms with Crippen molar-refractivity contribution in [3.05, 3.63) is 42.6 Å². The highest BCUT2D eigenvalue weighted by atomic mass is 32.2. The van der Waals surface area contributed by atoms with Gasteiger partial charge in [0.25, 0.3) is 0 Å². The van der Waals surface area contributed by atoms with Crippen molar-refractivity contribution in [2.24, 2.45) is 0 Å². The van der Waals surface area contributed by atoms with Crippen molar-refractivity contribution in [2.45, 2.75) is 37.4 Å². The quantitative estimate of drug-likeness (QED) is 0.782. The predicted octanol–water partition coefficient (Wildman–Crippen LogP) is 2.11. The van der Waals surface area contributed by atoms with Crippen molar-refractivity contribution in [2.75, 3.05) is 13.1 Å². The molecular weight excluding hydrogens is 342 g/mol. The van der Waals surface area contributed by atoms with Gasteiger partial charge in [-0.15, -0.1) is 5.10 Å². The van der Waals surface area contributed by atoms with Crippen LogP contribution in [0.4, 0.5) is 0 Å². The van der Waals surface area contributed by atoms with Crippen LogP contribution in [0.5, 0.6) is 11.6 Å². The molecule has 1 aromatic heterocycles. The minimum absolute atomic E-state index is 0.0417. The van der Waals surface area contributed by atoms with Crippen LogP contribution in [0.15, 0.2) is 47.5 Å². The Morgan fingerprint density at radius 2 is 1.96 bits per heavy atom. The van der Waals surface area contributed by atoms with Gasteiger partial charge in [-0.25, -0.2) is 8.42 Å². The number of nitrogens with zero attached hydrogens (tertiary/aromatic N) is 3. The minimum Gasteiger partial charge on any atom is -0.491 e. The van der Waals surface area contributed by atoms with Gasteiger partial charge in [0, 0.05) is 18.8 Å². The average Bonchev–Trinajstić information content (AvgIpc) is 3.05. The second-order valence-corrected chi connectivity index (χ2v) is 8.03. The molecule has 1 fully saturated rings. The van der Waals surface area contributed by atoms with E-state index in [0.29, 0.717) is 31.1 Å². The third kappa shape index (κ3) is 4.26. The van der Waals surface area contributed by atoms with Gasteiger partial charge in [-0.2, -0.15) is 9.40 Å². The van der Waals surface area contributed by atoms with Crippen LogP contribution in [-0.4, -0.2) is 48.2 Å². The van der Waals surface area contributed by atoms with Crippen LogP contribution in [0.1, 0.15) is 20.3 Å². The van der Waals surface area contributed by atoms with E-state index < -0.39 is 10.0 Å². The summed E-state index contributed by atoms with van der Waals surface area (Å²) in [4.78, 5) is 0.253. The van der Waals surface area contributed by atoms with E-state index >= 15 is 0 Å². The molecule has 3 rings (SSSR count). The summed E-state index contributed by atoms with van der Waals surface area (Å²) in [7, 11) is -3.55. The molecular formula is C17H21N3O4S. The summed E-state index contributed by atoms with van der Waals surface area (Å²) < 4.78 is 38.2. The molecule has 134 valence electrons. The summed E-state index contributed by atoms with van der Waals surface area (Å²) in [5.41, 5.74) is 0. The van der Waals surface area contributed by atoms with Gasteiger partial charge in [-0.1, -0.05) is 0 Å². The average molecular weight is 363 g/mol. The molecule has 2 heterocycles. The maximum Gasteiger partial charge on any atom is 0.243 e. The summed E-state index contributed by atoms with van der Waals surface area (Å²) in [5.74, 6) is 1.06. The summed E-state index contributed by atoms with van der Waals surface area (Å²) in [6.45, 7) is 4.55. The Morgan fingerprint density at radius 3 is 2.60 bits per heavy atom. The molecule has 1 atom stereocenters. The van der Waals surface area contributed by atoms with Crippen molar-refractivity contribution in [3.63, 3.8) is 0 Å². The number of hydrogen-bond acceptors (Lipinski definition) is 6. The lowest BCUT2D eigenvalue weighted by molar-refractivity contribution is 0.204. The standard InChI is InChI=1S/C17H21N3O4S/c1-13(2)23-14-5-7-16(8-6-14)25(21,22)20-11-9-15(12-20)24-17-4-3-10-18-19-17/h3-8,10,13,15H,9,11-12H2,1-2H3. The number of aromatic nitrogens is 2. The summed E-state index contributed by atoms with van der Waals surface area (Å²) in [6, 6.07) is 9.94. The van der Waals surface area contributed by atoms with Crippen LogP contribution in [0.25, 0.3) is 0 Å². The highest BCUT2D eigenvalue weighted by Gasteiger charge is 2.33. The third-order valence-electron chi connectivity index (χ3n) is 3.78. The van der Waals surface area contributed by atoms with E-state index in [9.17, 15) is 8.42 Å². The molecule has 0 spiro atoms. The molecule has 1 saturated heterocycles. The number of sulfonamides is 1. The Hall–Kier alpha value is -2.19. The van der Waals surface area contributed by atoms with E-state index in [1.165, 1.54) is 4.31 Å². The van der Waals surface area contributed by atoms with Crippen molar-refractivity contribution >= 4 is 10.0 Å². The zero-order valence-electron chi connectivity index (χ0n) is 14.2. The van der Waals surface area contributed by atoms with Gasteiger partial charge in [-0.3, -0.25) is 0 Å². The zero-order valence-corrected chi connectivity index (χ0v) is 15.0. The summed E-state index contributed by atoms with van der Waals surface area (Å²) in [5, 5.41) is 7.62. The molecule has 0 saturated carbocycles. The van der Waals surface area contributed by atoms with Gasteiger partial charge in [-0.05, 0) is 50.6 Å². The maximum absolute atomic E-state index is 12.8. The van der Waals surface area contributed by atoms with Gasteiger partial charge in [0.1, 0.15) is 11.9 Å². The minimum atomic E-state index is -3.55. The maximum atomic E-state index is 12.8. The Morgan fingerprint density at radius 1 is 1.20 bits per heavy atom. The lowest BCUT2D eigenvalue weighted by atomic mass is 10.3. The van der Waals surface area contributed by atoms with Crippen LogP contribution in [0.2, 0.25) is 0 Å². The molecule has 1 aliphatic heterocycles. The van der Waals surface area contributed by atoms with Crippen molar-refractivity contribution < 1.29 is 17.9 Å². The highest BCUT2D eigenvalue weighted by molar-refractivity contribution is 7.89. The van der Waals surface area contributed by atoms with E-state index in [4.69, 9.17) is 9.47 Å². The molecule has 0 bridgehead atoms. The third-order valence-corrected chi connectivity index (χ3v) is 5.66. The van der Waals surface area contributed by atoms with E-state index in [1.54, 1.807) is 42.6 Å². The number of rotatable bonds is 6. The molecule has 7 nitrogen and oxygen atoms in total. The second kappa shape index (κ2) is 7.37. The number of ether oxygens (including phenoxy) is 2. The molecule has 8 heteroatoms. The molecule has 0 radical (unpaired) electrons. The zero-order chi connectivity index (χ0) is 17.9. The SMILES string of the molecule is CC(C)Oc1ccc(S(=O)(=O)N2CCC(Oc3cccnn3)C2)cc1. The number of hydrogen-bond donors (Lipinski definition) is 0. The van der Waals surface area contributed by atoms with Gasteiger partial charge in [0.05, 0.1) is 17.5 Å². The fourth-order valence-corrected chi connectivity index (χ4v) is 4.13. The Bertz CT molecular complexity index is 794. The van der Waals surface area contributed by atoms with E-state index in [1.807, 2.05) is 13.8 Å². The Labute approximate surface area is 147 Å². The monoisotopic (exact) mass is 363 g/mol. The second-order valence-electron chi connectivity index (χ2n) is 6.09. The molecule has 1 unspecified atom stereocenters. The summed E-state index contributed by atoms with van der Waals surface area (Å²) in [6.07, 6.45) is 1.99. The number of benzene rings is 1. The van der Waals surface area contributed by atoms with Crippen LogP contribution >= 0.6 is 0 Å². The van der Waals surface area contributed by atoms with Gasteiger partial charge < -0.3 is 9.47 Å². The molecule has 1 aliphatic rings. The molecule has 2 aromatic rings. The van der Waals surface area contributed by atoms with Gasteiger partial charge in [0.2, 0.25) is 15.9 Å². The van der Waals surface area contributed by atoms with Crippen LogP contribution < -0.4 is 9.47 Å². The first-order chi connectivity index (χ1) is 11.9. The lowest BCUT2D eigenvalue weighted by Crippen LogP contribution is -2.31. The summed E-state index contributed by atoms with van der Waals surface area (Å²) >= 11 is 0. The van der Waals surface area contributed by atoms with Crippen molar-refractivity contribution in [1.82, 2.24) is 14.5 Å². The van der Waals surface area contributed by atoms with E-state index in [-0.39, 0.29) is 17.1 Å². The molecule has 25 heavy (non-hydrogen) atoms. The van der Waals surface area contributed by atoms with Gasteiger partial charge >= 0.3 is 0 Å². The predicted molar refractivity (Wildman–Crippen MR) is 92.0 cm³/mol. The van der Waals surface area contributed by atoms with E-state index in [0.717, 1.165) is 0 Å². The first-order valence-corrected chi connectivity index (χ1v) is 9.60. The molecule has 0 N–H and O–H groups in total. The normalized spacial score (nSPS) is 18.4.